The topological polar surface area (TPSA) is 66.9 Å². The van der Waals surface area contributed by atoms with Crippen LogP contribution in [0, 0.1) is 12.3 Å². The second kappa shape index (κ2) is 7.75. The standard InChI is InChI=1S/C17H20N4OS/c1-5-8-18-16(22)13-6-7-15(19-9-13)20-12(4)14-10-23-17(21-14)11(2)3/h1,6-7,9-12H,8H2,2-4H3,(H,18,22)(H,19,20). The summed E-state index contributed by atoms with van der Waals surface area (Å²) in [6.45, 7) is 6.50. The quantitative estimate of drug-likeness (QED) is 0.799. The van der Waals surface area contributed by atoms with Crippen LogP contribution in [0.4, 0.5) is 5.82 Å². The zero-order valence-electron chi connectivity index (χ0n) is 13.5. The van der Waals surface area contributed by atoms with Crippen LogP contribution in [0.2, 0.25) is 0 Å². The molecule has 2 aromatic rings. The second-order valence-electron chi connectivity index (χ2n) is 5.45. The summed E-state index contributed by atoms with van der Waals surface area (Å²) in [4.78, 5) is 20.6. The fourth-order valence-corrected chi connectivity index (χ4v) is 2.84. The number of carbonyl (C=O) groups is 1. The average Bonchev–Trinajstić information content (AvgIpc) is 3.03. The maximum absolute atomic E-state index is 11.7. The summed E-state index contributed by atoms with van der Waals surface area (Å²) in [5.74, 6) is 3.27. The molecular weight excluding hydrogens is 308 g/mol. The van der Waals surface area contributed by atoms with E-state index in [1.807, 2.05) is 6.92 Å². The van der Waals surface area contributed by atoms with Gasteiger partial charge in [0.05, 0.1) is 28.9 Å². The van der Waals surface area contributed by atoms with E-state index in [-0.39, 0.29) is 18.5 Å². The van der Waals surface area contributed by atoms with Crippen molar-refractivity contribution >= 4 is 23.1 Å². The molecule has 23 heavy (non-hydrogen) atoms. The zero-order chi connectivity index (χ0) is 16.8. The van der Waals surface area contributed by atoms with Crippen molar-refractivity contribution in [3.63, 3.8) is 0 Å². The van der Waals surface area contributed by atoms with Crippen LogP contribution in [0.15, 0.2) is 23.7 Å². The van der Waals surface area contributed by atoms with Crippen molar-refractivity contribution in [2.75, 3.05) is 11.9 Å². The Hall–Kier alpha value is -2.39. The lowest BCUT2D eigenvalue weighted by atomic mass is 10.2. The number of hydrogen-bond donors (Lipinski definition) is 2. The van der Waals surface area contributed by atoms with Gasteiger partial charge in [0.2, 0.25) is 0 Å². The molecule has 1 unspecified atom stereocenters. The molecule has 0 spiro atoms. The number of hydrogen-bond acceptors (Lipinski definition) is 5. The van der Waals surface area contributed by atoms with Gasteiger partial charge in [0.25, 0.3) is 5.91 Å². The predicted octanol–water partition coefficient (Wildman–Crippen LogP) is 3.20. The van der Waals surface area contributed by atoms with Gasteiger partial charge in [0.1, 0.15) is 5.82 Å². The van der Waals surface area contributed by atoms with Crippen molar-refractivity contribution in [1.29, 1.82) is 0 Å². The van der Waals surface area contributed by atoms with Crippen LogP contribution in [0.5, 0.6) is 0 Å². The lowest BCUT2D eigenvalue weighted by Crippen LogP contribution is -2.23. The van der Waals surface area contributed by atoms with Crippen LogP contribution in [0.1, 0.15) is 53.8 Å². The molecule has 1 amide bonds. The van der Waals surface area contributed by atoms with Gasteiger partial charge < -0.3 is 10.6 Å². The third-order valence-electron chi connectivity index (χ3n) is 3.22. The van der Waals surface area contributed by atoms with Crippen LogP contribution in [0.3, 0.4) is 0 Å². The minimum atomic E-state index is -0.226. The van der Waals surface area contributed by atoms with Gasteiger partial charge in [-0.25, -0.2) is 9.97 Å². The molecule has 5 nitrogen and oxygen atoms in total. The van der Waals surface area contributed by atoms with Crippen molar-refractivity contribution in [2.24, 2.45) is 0 Å². The number of terminal acetylenes is 1. The lowest BCUT2D eigenvalue weighted by molar-refractivity contribution is 0.0958. The molecule has 2 aromatic heterocycles. The Morgan fingerprint density at radius 2 is 2.17 bits per heavy atom. The molecule has 2 rings (SSSR count). The first-order valence-electron chi connectivity index (χ1n) is 7.40. The van der Waals surface area contributed by atoms with Gasteiger partial charge >= 0.3 is 0 Å². The number of nitrogens with zero attached hydrogens (tertiary/aromatic N) is 2. The molecular formula is C17H20N4OS. The fourth-order valence-electron chi connectivity index (χ4n) is 1.91. The number of nitrogens with one attached hydrogen (secondary N) is 2. The number of carbonyl (C=O) groups excluding carboxylic acids is 1. The molecule has 0 aliphatic rings. The first-order valence-corrected chi connectivity index (χ1v) is 8.28. The van der Waals surface area contributed by atoms with E-state index in [0.29, 0.717) is 17.3 Å². The molecule has 1 atom stereocenters. The van der Waals surface area contributed by atoms with E-state index in [1.54, 1.807) is 23.5 Å². The Bertz CT molecular complexity index is 700. The third kappa shape index (κ3) is 4.54. The van der Waals surface area contributed by atoms with Crippen LogP contribution in [-0.4, -0.2) is 22.4 Å². The summed E-state index contributed by atoms with van der Waals surface area (Å²) < 4.78 is 0. The molecule has 0 bridgehead atoms. The molecule has 6 heteroatoms. The van der Waals surface area contributed by atoms with Crippen LogP contribution in [-0.2, 0) is 0 Å². The van der Waals surface area contributed by atoms with Gasteiger partial charge in [-0.2, -0.15) is 0 Å². The van der Waals surface area contributed by atoms with Gasteiger partial charge in [-0.15, -0.1) is 17.8 Å². The molecule has 120 valence electrons. The number of thiazole rings is 1. The highest BCUT2D eigenvalue weighted by Gasteiger charge is 2.13. The van der Waals surface area contributed by atoms with Crippen molar-refractivity contribution < 1.29 is 4.79 Å². The van der Waals surface area contributed by atoms with E-state index >= 15 is 0 Å². The molecule has 0 aromatic carbocycles. The normalized spacial score (nSPS) is 11.8. The smallest absolute Gasteiger partial charge is 0.253 e. The van der Waals surface area contributed by atoms with Crippen molar-refractivity contribution in [3.05, 3.63) is 40.0 Å². The SMILES string of the molecule is C#CCNC(=O)c1ccc(NC(C)c2csc(C(C)C)n2)nc1. The fraction of sp³-hybridized carbons (Fsp3) is 0.353. The summed E-state index contributed by atoms with van der Waals surface area (Å²) in [7, 11) is 0. The summed E-state index contributed by atoms with van der Waals surface area (Å²) in [6.07, 6.45) is 6.64. The number of pyridine rings is 1. The minimum Gasteiger partial charge on any atom is -0.362 e. The minimum absolute atomic E-state index is 0.0485. The van der Waals surface area contributed by atoms with Crippen LogP contribution >= 0.6 is 11.3 Å². The van der Waals surface area contributed by atoms with Crippen LogP contribution in [0.25, 0.3) is 0 Å². The number of aromatic nitrogens is 2. The van der Waals surface area contributed by atoms with Crippen molar-refractivity contribution in [3.8, 4) is 12.3 Å². The Labute approximate surface area is 140 Å². The van der Waals surface area contributed by atoms with Crippen molar-refractivity contribution in [1.82, 2.24) is 15.3 Å². The molecule has 0 fully saturated rings. The largest absolute Gasteiger partial charge is 0.362 e. The predicted molar refractivity (Wildman–Crippen MR) is 93.6 cm³/mol. The molecule has 2 heterocycles. The van der Waals surface area contributed by atoms with Gasteiger partial charge in [0, 0.05) is 17.5 Å². The maximum atomic E-state index is 11.7. The van der Waals surface area contributed by atoms with Gasteiger partial charge in [-0.3, -0.25) is 4.79 Å². The molecule has 0 aliphatic carbocycles. The maximum Gasteiger partial charge on any atom is 0.253 e. The van der Waals surface area contributed by atoms with E-state index in [1.165, 1.54) is 6.20 Å². The first-order chi connectivity index (χ1) is 11.0. The number of anilines is 1. The van der Waals surface area contributed by atoms with Crippen molar-refractivity contribution in [2.45, 2.75) is 32.7 Å². The van der Waals surface area contributed by atoms with Crippen LogP contribution < -0.4 is 10.6 Å². The van der Waals surface area contributed by atoms with Gasteiger partial charge in [0.15, 0.2) is 0 Å². The summed E-state index contributed by atoms with van der Waals surface area (Å²) in [6, 6.07) is 3.54. The lowest BCUT2D eigenvalue weighted by Gasteiger charge is -2.12. The Morgan fingerprint density at radius 1 is 1.39 bits per heavy atom. The summed E-state index contributed by atoms with van der Waals surface area (Å²) >= 11 is 1.67. The van der Waals surface area contributed by atoms with E-state index in [2.05, 4.69) is 45.7 Å². The highest BCUT2D eigenvalue weighted by molar-refractivity contribution is 7.09. The molecule has 2 N–H and O–H groups in total. The first kappa shape index (κ1) is 17.0. The summed E-state index contributed by atoms with van der Waals surface area (Å²) in [5, 5.41) is 9.08. The average molecular weight is 328 g/mol. The molecule has 0 aliphatic heterocycles. The van der Waals surface area contributed by atoms with E-state index < -0.39 is 0 Å². The van der Waals surface area contributed by atoms with Gasteiger partial charge in [-0.05, 0) is 19.1 Å². The molecule has 0 radical (unpaired) electrons. The summed E-state index contributed by atoms with van der Waals surface area (Å²) in [5.41, 5.74) is 1.48. The highest BCUT2D eigenvalue weighted by atomic mass is 32.1. The van der Waals surface area contributed by atoms with E-state index in [9.17, 15) is 4.79 Å². The second-order valence-corrected chi connectivity index (χ2v) is 6.34. The van der Waals surface area contributed by atoms with E-state index in [0.717, 1.165) is 10.7 Å². The number of rotatable bonds is 6. The van der Waals surface area contributed by atoms with Gasteiger partial charge in [-0.1, -0.05) is 19.8 Å². The third-order valence-corrected chi connectivity index (χ3v) is 4.38. The Balaban J connectivity index is 1.99. The monoisotopic (exact) mass is 328 g/mol. The molecule has 0 saturated carbocycles. The zero-order valence-corrected chi connectivity index (χ0v) is 14.3. The van der Waals surface area contributed by atoms with E-state index in [4.69, 9.17) is 6.42 Å². The Morgan fingerprint density at radius 3 is 2.74 bits per heavy atom. The highest BCUT2D eigenvalue weighted by Crippen LogP contribution is 2.24. The molecule has 0 saturated heterocycles. The number of amides is 1. The Kier molecular flexibility index (Phi) is 5.72.